The Kier molecular flexibility index (Phi) is 5.15. The highest BCUT2D eigenvalue weighted by Gasteiger charge is 2.08. The zero-order chi connectivity index (χ0) is 15.1. The Morgan fingerprint density at radius 3 is 2.67 bits per heavy atom. The van der Waals surface area contributed by atoms with Crippen LogP contribution in [0.3, 0.4) is 0 Å². The Bertz CT molecular complexity index is 597. The van der Waals surface area contributed by atoms with Gasteiger partial charge in [0.1, 0.15) is 5.75 Å². The number of pyridine rings is 1. The number of amides is 1. The number of carbonyl (C=O) groups is 1. The summed E-state index contributed by atoms with van der Waals surface area (Å²) in [6.07, 6.45) is 1.67. The van der Waals surface area contributed by atoms with Gasteiger partial charge in [-0.05, 0) is 37.3 Å². The van der Waals surface area contributed by atoms with E-state index in [0.717, 1.165) is 11.3 Å². The van der Waals surface area contributed by atoms with Crippen LogP contribution in [-0.2, 0) is 6.54 Å². The van der Waals surface area contributed by atoms with Crippen LogP contribution >= 0.6 is 0 Å². The summed E-state index contributed by atoms with van der Waals surface area (Å²) >= 11 is 0. The molecule has 0 aliphatic heterocycles. The number of methoxy groups -OCH3 is 1. The van der Waals surface area contributed by atoms with Gasteiger partial charge in [-0.3, -0.25) is 4.79 Å². The molecule has 0 saturated heterocycles. The summed E-state index contributed by atoms with van der Waals surface area (Å²) in [4.78, 5) is 16.2. The lowest BCUT2D eigenvalue weighted by Gasteiger charge is -2.10. The van der Waals surface area contributed by atoms with E-state index in [2.05, 4.69) is 10.3 Å². The molecule has 0 saturated carbocycles. The summed E-state index contributed by atoms with van der Waals surface area (Å²) in [7, 11) is 1.59. The average molecular weight is 286 g/mol. The van der Waals surface area contributed by atoms with E-state index in [1.807, 2.05) is 19.1 Å². The van der Waals surface area contributed by atoms with Crippen molar-refractivity contribution in [1.82, 2.24) is 10.3 Å². The first kappa shape index (κ1) is 14.8. The Hall–Kier alpha value is -2.56. The highest BCUT2D eigenvalue weighted by atomic mass is 16.5. The number of nitrogens with zero attached hydrogens (tertiary/aromatic N) is 1. The molecule has 5 nitrogen and oxygen atoms in total. The van der Waals surface area contributed by atoms with E-state index >= 15 is 0 Å². The lowest BCUT2D eigenvalue weighted by atomic mass is 10.2. The van der Waals surface area contributed by atoms with Gasteiger partial charge in [0.2, 0.25) is 5.88 Å². The minimum absolute atomic E-state index is 0.149. The van der Waals surface area contributed by atoms with E-state index in [1.54, 1.807) is 37.6 Å². The van der Waals surface area contributed by atoms with E-state index in [-0.39, 0.29) is 5.91 Å². The zero-order valence-electron chi connectivity index (χ0n) is 12.1. The first-order chi connectivity index (χ1) is 10.2. The molecule has 1 heterocycles. The van der Waals surface area contributed by atoms with Crippen LogP contribution in [0.2, 0.25) is 0 Å². The van der Waals surface area contributed by atoms with Crippen LogP contribution in [0, 0.1) is 0 Å². The molecule has 1 N–H and O–H groups in total. The number of aromatic nitrogens is 1. The molecule has 1 amide bonds. The second-order valence-corrected chi connectivity index (χ2v) is 4.31. The van der Waals surface area contributed by atoms with Gasteiger partial charge in [0.25, 0.3) is 5.91 Å². The summed E-state index contributed by atoms with van der Waals surface area (Å²) in [6.45, 7) is 2.80. The van der Waals surface area contributed by atoms with Crippen LogP contribution in [-0.4, -0.2) is 24.6 Å². The Balaban J connectivity index is 2.00. The minimum atomic E-state index is -0.149. The molecule has 0 spiro atoms. The van der Waals surface area contributed by atoms with Gasteiger partial charge in [0, 0.05) is 23.9 Å². The molecular formula is C16H18N2O3. The van der Waals surface area contributed by atoms with Gasteiger partial charge in [-0.2, -0.15) is 0 Å². The highest BCUT2D eigenvalue weighted by molar-refractivity contribution is 5.94. The third-order valence-electron chi connectivity index (χ3n) is 2.92. The SMILES string of the molecule is CCOc1ncccc1CNC(=O)c1ccc(OC)cc1. The lowest BCUT2D eigenvalue weighted by molar-refractivity contribution is 0.0950. The Labute approximate surface area is 123 Å². The Morgan fingerprint density at radius 2 is 2.00 bits per heavy atom. The standard InChI is InChI=1S/C16H18N2O3/c1-3-21-16-13(5-4-10-17-16)11-18-15(19)12-6-8-14(20-2)9-7-12/h4-10H,3,11H2,1-2H3,(H,18,19). The maximum atomic E-state index is 12.1. The third-order valence-corrected chi connectivity index (χ3v) is 2.92. The normalized spacial score (nSPS) is 10.0. The second-order valence-electron chi connectivity index (χ2n) is 4.31. The van der Waals surface area contributed by atoms with Gasteiger partial charge in [0.15, 0.2) is 0 Å². The van der Waals surface area contributed by atoms with Gasteiger partial charge >= 0.3 is 0 Å². The fourth-order valence-electron chi connectivity index (χ4n) is 1.85. The number of nitrogens with one attached hydrogen (secondary N) is 1. The van der Waals surface area contributed by atoms with Crippen LogP contribution in [0.25, 0.3) is 0 Å². The largest absolute Gasteiger partial charge is 0.497 e. The molecule has 0 radical (unpaired) electrons. The predicted molar refractivity (Wildman–Crippen MR) is 79.6 cm³/mol. The number of rotatable bonds is 6. The van der Waals surface area contributed by atoms with Crippen molar-refractivity contribution in [3.05, 3.63) is 53.7 Å². The number of hydrogen-bond acceptors (Lipinski definition) is 4. The molecule has 0 atom stereocenters. The maximum Gasteiger partial charge on any atom is 0.251 e. The fourth-order valence-corrected chi connectivity index (χ4v) is 1.85. The molecule has 1 aromatic heterocycles. The molecule has 0 fully saturated rings. The van der Waals surface area contributed by atoms with E-state index in [4.69, 9.17) is 9.47 Å². The smallest absolute Gasteiger partial charge is 0.251 e. The number of ether oxygens (including phenoxy) is 2. The van der Waals surface area contributed by atoms with Crippen LogP contribution < -0.4 is 14.8 Å². The molecule has 21 heavy (non-hydrogen) atoms. The van der Waals surface area contributed by atoms with E-state index < -0.39 is 0 Å². The predicted octanol–water partition coefficient (Wildman–Crippen LogP) is 2.42. The first-order valence-electron chi connectivity index (χ1n) is 6.73. The van der Waals surface area contributed by atoms with E-state index in [9.17, 15) is 4.79 Å². The fraction of sp³-hybridized carbons (Fsp3) is 0.250. The van der Waals surface area contributed by atoms with Crippen molar-refractivity contribution >= 4 is 5.91 Å². The summed E-state index contributed by atoms with van der Waals surface area (Å²) in [6, 6.07) is 10.7. The van der Waals surface area contributed by atoms with E-state index in [1.165, 1.54) is 0 Å². The molecular weight excluding hydrogens is 268 g/mol. The maximum absolute atomic E-state index is 12.1. The van der Waals surface area contributed by atoms with Crippen LogP contribution in [0.15, 0.2) is 42.6 Å². The van der Waals surface area contributed by atoms with Crippen molar-refractivity contribution in [3.8, 4) is 11.6 Å². The number of benzene rings is 1. The number of hydrogen-bond donors (Lipinski definition) is 1. The topological polar surface area (TPSA) is 60.5 Å². The molecule has 1 aromatic carbocycles. The van der Waals surface area contributed by atoms with Crippen molar-refractivity contribution in [3.63, 3.8) is 0 Å². The highest BCUT2D eigenvalue weighted by Crippen LogP contribution is 2.15. The van der Waals surface area contributed by atoms with Gasteiger partial charge in [-0.1, -0.05) is 6.07 Å². The first-order valence-corrected chi connectivity index (χ1v) is 6.73. The molecule has 0 aliphatic carbocycles. The molecule has 5 heteroatoms. The summed E-state index contributed by atoms with van der Waals surface area (Å²) in [5, 5.41) is 2.85. The van der Waals surface area contributed by atoms with Crippen molar-refractivity contribution in [2.75, 3.05) is 13.7 Å². The van der Waals surface area contributed by atoms with Crippen molar-refractivity contribution in [2.45, 2.75) is 13.5 Å². The van der Waals surface area contributed by atoms with Crippen LogP contribution in [0.4, 0.5) is 0 Å². The summed E-state index contributed by atoms with van der Waals surface area (Å²) in [5.41, 5.74) is 1.43. The summed E-state index contributed by atoms with van der Waals surface area (Å²) < 4.78 is 10.5. The van der Waals surface area contributed by atoms with Crippen LogP contribution in [0.1, 0.15) is 22.8 Å². The van der Waals surface area contributed by atoms with Gasteiger partial charge in [-0.15, -0.1) is 0 Å². The van der Waals surface area contributed by atoms with Crippen LogP contribution in [0.5, 0.6) is 11.6 Å². The lowest BCUT2D eigenvalue weighted by Crippen LogP contribution is -2.23. The average Bonchev–Trinajstić information content (AvgIpc) is 2.54. The van der Waals surface area contributed by atoms with Gasteiger partial charge in [0.05, 0.1) is 13.7 Å². The molecule has 2 rings (SSSR count). The summed E-state index contributed by atoms with van der Waals surface area (Å²) in [5.74, 6) is 1.12. The molecule has 2 aromatic rings. The Morgan fingerprint density at radius 1 is 1.24 bits per heavy atom. The third kappa shape index (κ3) is 3.95. The molecule has 110 valence electrons. The minimum Gasteiger partial charge on any atom is -0.497 e. The van der Waals surface area contributed by atoms with Gasteiger partial charge in [-0.25, -0.2) is 4.98 Å². The van der Waals surface area contributed by atoms with Gasteiger partial charge < -0.3 is 14.8 Å². The molecule has 0 bridgehead atoms. The molecule has 0 aliphatic rings. The monoisotopic (exact) mass is 286 g/mol. The number of carbonyl (C=O) groups excluding carboxylic acids is 1. The zero-order valence-corrected chi connectivity index (χ0v) is 12.1. The molecule has 0 unspecified atom stereocenters. The van der Waals surface area contributed by atoms with Crippen molar-refractivity contribution in [2.24, 2.45) is 0 Å². The van der Waals surface area contributed by atoms with E-state index in [0.29, 0.717) is 24.6 Å². The quantitative estimate of drug-likeness (QED) is 0.886. The van der Waals surface area contributed by atoms with Crippen molar-refractivity contribution < 1.29 is 14.3 Å². The second kappa shape index (κ2) is 7.28. The van der Waals surface area contributed by atoms with Crippen molar-refractivity contribution in [1.29, 1.82) is 0 Å².